The van der Waals surface area contributed by atoms with Crippen molar-refractivity contribution in [3.8, 4) is 11.5 Å². The molecule has 1 aliphatic rings. The molecule has 9 nitrogen and oxygen atoms in total. The van der Waals surface area contributed by atoms with Crippen molar-refractivity contribution in [2.45, 2.75) is 12.8 Å². The first-order chi connectivity index (χ1) is 13.4. The Morgan fingerprint density at radius 2 is 1.89 bits per heavy atom. The lowest BCUT2D eigenvalue weighted by Crippen LogP contribution is -2.23. The number of rotatable bonds is 6. The van der Waals surface area contributed by atoms with Gasteiger partial charge in [0.1, 0.15) is 5.56 Å². The maximum absolute atomic E-state index is 12.7. The smallest absolute Gasteiger partial charge is 0.286 e. The normalized spacial score (nSPS) is 13.4. The molecule has 2 aromatic carbocycles. The quantitative estimate of drug-likeness (QED) is 0.604. The number of nitrogens with one attached hydrogen (secondary N) is 1. The van der Waals surface area contributed by atoms with Gasteiger partial charge in [0.2, 0.25) is 5.91 Å². The van der Waals surface area contributed by atoms with Crippen LogP contribution < -0.4 is 19.7 Å². The highest BCUT2D eigenvalue weighted by atomic mass is 16.6. The Hall–Kier alpha value is -3.62. The van der Waals surface area contributed by atoms with E-state index in [1.807, 2.05) is 0 Å². The summed E-state index contributed by atoms with van der Waals surface area (Å²) in [6, 6.07) is 9.20. The average Bonchev–Trinajstić information content (AvgIpc) is 3.12. The van der Waals surface area contributed by atoms with E-state index < -0.39 is 16.5 Å². The van der Waals surface area contributed by atoms with Crippen LogP contribution in [-0.4, -0.2) is 37.5 Å². The summed E-state index contributed by atoms with van der Waals surface area (Å²) in [5, 5.41) is 14.0. The highest BCUT2D eigenvalue weighted by molar-refractivity contribution is 6.08. The topological polar surface area (TPSA) is 111 Å². The molecule has 1 heterocycles. The number of ether oxygens (including phenoxy) is 2. The lowest BCUT2D eigenvalue weighted by Gasteiger charge is -2.17. The van der Waals surface area contributed by atoms with E-state index in [4.69, 9.17) is 9.47 Å². The van der Waals surface area contributed by atoms with Crippen molar-refractivity contribution in [2.24, 2.45) is 0 Å². The zero-order valence-electron chi connectivity index (χ0n) is 15.4. The third-order valence-electron chi connectivity index (χ3n) is 4.43. The number of nitrogens with zero attached hydrogens (tertiary/aromatic N) is 2. The van der Waals surface area contributed by atoms with Crippen molar-refractivity contribution in [3.63, 3.8) is 0 Å². The predicted octanol–water partition coefficient (Wildman–Crippen LogP) is 2.99. The van der Waals surface area contributed by atoms with Crippen LogP contribution >= 0.6 is 0 Å². The lowest BCUT2D eigenvalue weighted by molar-refractivity contribution is -0.385. The van der Waals surface area contributed by atoms with E-state index in [1.165, 1.54) is 20.3 Å². The first kappa shape index (κ1) is 19.2. The predicted molar refractivity (Wildman–Crippen MR) is 102 cm³/mol. The van der Waals surface area contributed by atoms with Crippen molar-refractivity contribution in [1.29, 1.82) is 0 Å². The van der Waals surface area contributed by atoms with E-state index in [-0.39, 0.29) is 23.0 Å². The summed E-state index contributed by atoms with van der Waals surface area (Å²) in [5.41, 5.74) is 0.528. The molecule has 0 aromatic heterocycles. The van der Waals surface area contributed by atoms with E-state index in [1.54, 1.807) is 29.2 Å². The molecule has 0 atom stereocenters. The highest BCUT2D eigenvalue weighted by Gasteiger charge is 2.25. The fourth-order valence-electron chi connectivity index (χ4n) is 3.07. The number of hydrogen-bond acceptors (Lipinski definition) is 6. The molecule has 0 radical (unpaired) electrons. The molecule has 0 unspecified atom stereocenters. The fraction of sp³-hybridized carbons (Fsp3) is 0.263. The minimum absolute atomic E-state index is 0.0269. The second kappa shape index (κ2) is 7.95. The van der Waals surface area contributed by atoms with Gasteiger partial charge in [-0.25, -0.2) is 0 Å². The van der Waals surface area contributed by atoms with E-state index in [2.05, 4.69) is 5.32 Å². The zero-order chi connectivity index (χ0) is 20.3. The van der Waals surface area contributed by atoms with Crippen molar-refractivity contribution in [2.75, 3.05) is 31.0 Å². The zero-order valence-corrected chi connectivity index (χ0v) is 15.4. The Kier molecular flexibility index (Phi) is 5.44. The SMILES string of the molecule is COc1cc(C(=O)Nc2cccc(N3CCCC3=O)c2)c([N+](=O)[O-])cc1OC. The number of methoxy groups -OCH3 is 2. The number of nitro groups is 1. The Balaban J connectivity index is 1.91. The summed E-state index contributed by atoms with van der Waals surface area (Å²) >= 11 is 0. The first-order valence-corrected chi connectivity index (χ1v) is 8.56. The molecule has 2 amide bonds. The fourth-order valence-corrected chi connectivity index (χ4v) is 3.07. The van der Waals surface area contributed by atoms with Crippen molar-refractivity contribution in [1.82, 2.24) is 0 Å². The molecule has 1 aliphatic heterocycles. The Bertz CT molecular complexity index is 943. The number of benzene rings is 2. The molecule has 0 spiro atoms. The molecule has 0 aliphatic carbocycles. The van der Waals surface area contributed by atoms with E-state index in [9.17, 15) is 19.7 Å². The second-order valence-corrected chi connectivity index (χ2v) is 6.13. The molecule has 0 bridgehead atoms. The minimum Gasteiger partial charge on any atom is -0.493 e. The Labute approximate surface area is 161 Å². The molecule has 1 saturated heterocycles. The summed E-state index contributed by atoms with van der Waals surface area (Å²) in [4.78, 5) is 37.0. The summed E-state index contributed by atoms with van der Waals surface area (Å²) in [7, 11) is 2.73. The maximum Gasteiger partial charge on any atom is 0.286 e. The molecular formula is C19H19N3O6. The summed E-state index contributed by atoms with van der Waals surface area (Å²) in [6.45, 7) is 0.622. The van der Waals surface area contributed by atoms with Crippen molar-refractivity contribution in [3.05, 3.63) is 52.1 Å². The van der Waals surface area contributed by atoms with Crippen LogP contribution in [0.1, 0.15) is 23.2 Å². The van der Waals surface area contributed by atoms with Crippen LogP contribution in [0.25, 0.3) is 0 Å². The van der Waals surface area contributed by atoms with Gasteiger partial charge in [0.05, 0.1) is 25.2 Å². The largest absolute Gasteiger partial charge is 0.493 e. The van der Waals surface area contributed by atoms with Gasteiger partial charge in [0.15, 0.2) is 11.5 Å². The molecule has 1 fully saturated rings. The van der Waals surface area contributed by atoms with Gasteiger partial charge < -0.3 is 19.7 Å². The van der Waals surface area contributed by atoms with Gasteiger partial charge in [0, 0.05) is 30.4 Å². The third kappa shape index (κ3) is 3.73. The van der Waals surface area contributed by atoms with E-state index in [0.717, 1.165) is 12.5 Å². The Morgan fingerprint density at radius 3 is 2.50 bits per heavy atom. The molecule has 28 heavy (non-hydrogen) atoms. The van der Waals surface area contributed by atoms with Gasteiger partial charge in [-0.1, -0.05) is 6.07 Å². The van der Waals surface area contributed by atoms with Gasteiger partial charge in [-0.15, -0.1) is 0 Å². The van der Waals surface area contributed by atoms with Crippen molar-refractivity contribution >= 4 is 28.9 Å². The van der Waals surface area contributed by atoms with Crippen LogP contribution in [0.15, 0.2) is 36.4 Å². The van der Waals surface area contributed by atoms with Crippen LogP contribution in [-0.2, 0) is 4.79 Å². The van der Waals surface area contributed by atoms with Crippen LogP contribution in [0.5, 0.6) is 11.5 Å². The maximum atomic E-state index is 12.7. The molecule has 3 rings (SSSR count). The summed E-state index contributed by atoms with van der Waals surface area (Å²) in [5.74, 6) is -0.286. The molecule has 146 valence electrons. The van der Waals surface area contributed by atoms with Crippen LogP contribution in [0, 0.1) is 10.1 Å². The number of amides is 2. The van der Waals surface area contributed by atoms with Crippen LogP contribution in [0.2, 0.25) is 0 Å². The second-order valence-electron chi connectivity index (χ2n) is 6.13. The van der Waals surface area contributed by atoms with Crippen LogP contribution in [0.4, 0.5) is 17.1 Å². The molecule has 1 N–H and O–H groups in total. The summed E-state index contributed by atoms with van der Waals surface area (Å²) in [6.07, 6.45) is 1.28. The van der Waals surface area contributed by atoms with Crippen LogP contribution in [0.3, 0.4) is 0 Å². The van der Waals surface area contributed by atoms with Gasteiger partial charge in [0.25, 0.3) is 11.6 Å². The summed E-state index contributed by atoms with van der Waals surface area (Å²) < 4.78 is 10.2. The number of anilines is 2. The highest BCUT2D eigenvalue weighted by Crippen LogP contribution is 2.35. The molecule has 0 saturated carbocycles. The van der Waals surface area contributed by atoms with Gasteiger partial charge in [-0.3, -0.25) is 19.7 Å². The molecule has 2 aromatic rings. The minimum atomic E-state index is -0.669. The standard InChI is InChI=1S/C19H19N3O6/c1-27-16-10-14(15(22(25)26)11-17(16)28-2)19(24)20-12-5-3-6-13(9-12)21-8-4-7-18(21)23/h3,5-6,9-11H,4,7-8H2,1-2H3,(H,20,24). The van der Waals surface area contributed by atoms with Gasteiger partial charge in [-0.2, -0.15) is 0 Å². The number of carbonyl (C=O) groups excluding carboxylic acids is 2. The lowest BCUT2D eigenvalue weighted by atomic mass is 10.1. The number of hydrogen-bond donors (Lipinski definition) is 1. The van der Waals surface area contributed by atoms with E-state index in [0.29, 0.717) is 24.3 Å². The molecular weight excluding hydrogens is 366 g/mol. The monoisotopic (exact) mass is 385 g/mol. The van der Waals surface area contributed by atoms with Gasteiger partial charge in [-0.05, 0) is 24.6 Å². The van der Waals surface area contributed by atoms with E-state index >= 15 is 0 Å². The molecule has 9 heteroatoms. The van der Waals surface area contributed by atoms with Crippen molar-refractivity contribution < 1.29 is 24.0 Å². The number of carbonyl (C=O) groups is 2. The Morgan fingerprint density at radius 1 is 1.18 bits per heavy atom. The first-order valence-electron chi connectivity index (χ1n) is 8.56. The number of nitro benzene ring substituents is 1. The third-order valence-corrected chi connectivity index (χ3v) is 4.43. The van der Waals surface area contributed by atoms with Gasteiger partial charge >= 0.3 is 0 Å². The average molecular weight is 385 g/mol.